The van der Waals surface area contributed by atoms with Crippen molar-refractivity contribution in [1.82, 2.24) is 10.2 Å². The molecule has 2 aliphatic rings. The number of rotatable bonds is 3. The zero-order valence-corrected chi connectivity index (χ0v) is 12.0. The summed E-state index contributed by atoms with van der Waals surface area (Å²) in [7, 11) is 3.29. The van der Waals surface area contributed by atoms with Gasteiger partial charge in [0, 0.05) is 26.7 Å². The van der Waals surface area contributed by atoms with Crippen LogP contribution >= 0.6 is 0 Å². The molecule has 0 radical (unpaired) electrons. The molecule has 0 bridgehead atoms. The summed E-state index contributed by atoms with van der Waals surface area (Å²) >= 11 is 0. The van der Waals surface area contributed by atoms with Crippen LogP contribution in [0.5, 0.6) is 0 Å². The van der Waals surface area contributed by atoms with Gasteiger partial charge in [0.15, 0.2) is 5.96 Å². The molecule has 0 unspecified atom stereocenters. The first-order valence-corrected chi connectivity index (χ1v) is 7.28. The van der Waals surface area contributed by atoms with Gasteiger partial charge in [0.2, 0.25) is 0 Å². The number of ether oxygens (including phenoxy) is 1. The lowest BCUT2D eigenvalue weighted by Gasteiger charge is -2.34. The van der Waals surface area contributed by atoms with Gasteiger partial charge < -0.3 is 15.0 Å². The molecule has 0 spiro atoms. The Labute approximate surface area is 115 Å². The van der Waals surface area contributed by atoms with Crippen LogP contribution in [0.3, 0.4) is 0 Å². The Morgan fingerprint density at radius 2 is 2.00 bits per heavy atom. The van der Waals surface area contributed by atoms with Crippen molar-refractivity contribution >= 4 is 11.9 Å². The van der Waals surface area contributed by atoms with Gasteiger partial charge in [-0.05, 0) is 31.6 Å². The number of hydrogen-bond donors (Lipinski definition) is 1. The number of likely N-dealkylation sites (tertiary alicyclic amines) is 1. The third-order valence-electron chi connectivity index (χ3n) is 4.31. The minimum Gasteiger partial charge on any atom is -0.469 e. The van der Waals surface area contributed by atoms with Gasteiger partial charge in [-0.25, -0.2) is 0 Å². The van der Waals surface area contributed by atoms with E-state index < -0.39 is 0 Å². The van der Waals surface area contributed by atoms with Gasteiger partial charge in [-0.2, -0.15) is 0 Å². The largest absolute Gasteiger partial charge is 0.469 e. The lowest BCUT2D eigenvalue weighted by molar-refractivity contribution is -0.146. The molecule has 1 aliphatic heterocycles. The summed E-state index contributed by atoms with van der Waals surface area (Å²) in [6.45, 7) is 2.79. The number of hydrogen-bond acceptors (Lipinski definition) is 3. The highest BCUT2D eigenvalue weighted by molar-refractivity contribution is 5.80. The molecule has 1 heterocycles. The van der Waals surface area contributed by atoms with Crippen LogP contribution in [0.4, 0.5) is 0 Å². The minimum absolute atomic E-state index is 0.0611. The average Bonchev–Trinajstić information content (AvgIpc) is 2.41. The normalized spacial score (nSPS) is 22.0. The van der Waals surface area contributed by atoms with Gasteiger partial charge in [-0.3, -0.25) is 9.79 Å². The van der Waals surface area contributed by atoms with Crippen LogP contribution in [-0.2, 0) is 9.53 Å². The van der Waals surface area contributed by atoms with E-state index in [1.165, 1.54) is 26.4 Å². The van der Waals surface area contributed by atoms with Gasteiger partial charge in [0.05, 0.1) is 13.0 Å². The molecule has 0 aromatic heterocycles. The molecule has 1 N–H and O–H groups in total. The van der Waals surface area contributed by atoms with E-state index in [1.807, 2.05) is 7.05 Å². The van der Waals surface area contributed by atoms with Gasteiger partial charge in [0.25, 0.3) is 0 Å². The van der Waals surface area contributed by atoms with Crippen molar-refractivity contribution in [3.8, 4) is 0 Å². The molecule has 2 fully saturated rings. The predicted molar refractivity (Wildman–Crippen MR) is 75.0 cm³/mol. The Balaban J connectivity index is 1.76. The van der Waals surface area contributed by atoms with E-state index in [2.05, 4.69) is 15.2 Å². The van der Waals surface area contributed by atoms with Crippen molar-refractivity contribution < 1.29 is 9.53 Å². The van der Waals surface area contributed by atoms with Crippen LogP contribution in [0.1, 0.15) is 32.1 Å². The maximum Gasteiger partial charge on any atom is 0.308 e. The van der Waals surface area contributed by atoms with E-state index in [0.717, 1.165) is 44.4 Å². The molecule has 19 heavy (non-hydrogen) atoms. The Hall–Kier alpha value is -1.26. The highest BCUT2D eigenvalue weighted by Gasteiger charge is 2.27. The summed E-state index contributed by atoms with van der Waals surface area (Å²) in [4.78, 5) is 18.1. The van der Waals surface area contributed by atoms with E-state index in [0.29, 0.717) is 0 Å². The van der Waals surface area contributed by atoms with Crippen molar-refractivity contribution in [2.75, 3.05) is 33.8 Å². The lowest BCUT2D eigenvalue weighted by atomic mass is 9.85. The Bertz CT molecular complexity index is 332. The maximum absolute atomic E-state index is 11.5. The summed E-state index contributed by atoms with van der Waals surface area (Å²) < 4.78 is 4.81. The number of aliphatic imine (C=N–C) groups is 1. The van der Waals surface area contributed by atoms with Crippen LogP contribution in [-0.4, -0.2) is 50.6 Å². The fourth-order valence-corrected chi connectivity index (χ4v) is 2.76. The monoisotopic (exact) mass is 267 g/mol. The van der Waals surface area contributed by atoms with Gasteiger partial charge in [-0.15, -0.1) is 0 Å². The first-order valence-electron chi connectivity index (χ1n) is 7.28. The number of nitrogens with zero attached hydrogens (tertiary/aromatic N) is 2. The number of carbonyl (C=O) groups excluding carboxylic acids is 1. The molecule has 0 aromatic carbocycles. The third-order valence-corrected chi connectivity index (χ3v) is 4.31. The third kappa shape index (κ3) is 3.61. The summed E-state index contributed by atoms with van der Waals surface area (Å²) in [5.41, 5.74) is 0. The SMILES string of the molecule is CN=C(NCC1CCC1)N1CCC(C(=O)OC)CC1. The Kier molecular flexibility index (Phi) is 5.05. The van der Waals surface area contributed by atoms with Crippen molar-refractivity contribution in [2.45, 2.75) is 32.1 Å². The van der Waals surface area contributed by atoms with E-state index >= 15 is 0 Å². The van der Waals surface area contributed by atoms with Gasteiger partial charge in [0.1, 0.15) is 0 Å². The fraction of sp³-hybridized carbons (Fsp3) is 0.857. The van der Waals surface area contributed by atoms with Crippen LogP contribution in [0.25, 0.3) is 0 Å². The first-order chi connectivity index (χ1) is 9.24. The number of esters is 1. The Morgan fingerprint density at radius 3 is 2.47 bits per heavy atom. The van der Waals surface area contributed by atoms with Gasteiger partial charge in [-0.1, -0.05) is 6.42 Å². The number of piperidine rings is 1. The number of nitrogens with one attached hydrogen (secondary N) is 1. The standard InChI is InChI=1S/C14H25N3O2/c1-15-14(16-10-11-4-3-5-11)17-8-6-12(7-9-17)13(18)19-2/h11-12H,3-10H2,1-2H3,(H,15,16). The molecule has 0 amide bonds. The van der Waals surface area contributed by atoms with E-state index in [-0.39, 0.29) is 11.9 Å². The second-order valence-electron chi connectivity index (χ2n) is 5.51. The zero-order valence-electron chi connectivity index (χ0n) is 12.0. The molecule has 1 saturated heterocycles. The second-order valence-corrected chi connectivity index (χ2v) is 5.51. The number of carbonyl (C=O) groups is 1. The van der Waals surface area contributed by atoms with E-state index in [9.17, 15) is 4.79 Å². The quantitative estimate of drug-likeness (QED) is 0.475. The summed E-state index contributed by atoms with van der Waals surface area (Å²) in [6, 6.07) is 0. The van der Waals surface area contributed by atoms with Gasteiger partial charge >= 0.3 is 5.97 Å². The first kappa shape index (κ1) is 14.2. The highest BCUT2D eigenvalue weighted by Crippen LogP contribution is 2.25. The van der Waals surface area contributed by atoms with Crippen LogP contribution in [0.2, 0.25) is 0 Å². The second kappa shape index (κ2) is 6.78. The molecule has 2 rings (SSSR count). The van der Waals surface area contributed by atoms with E-state index in [1.54, 1.807) is 0 Å². The average molecular weight is 267 g/mol. The molecule has 1 aliphatic carbocycles. The molecule has 0 aromatic rings. The molecular formula is C14H25N3O2. The molecular weight excluding hydrogens is 242 g/mol. The van der Waals surface area contributed by atoms with E-state index in [4.69, 9.17) is 4.74 Å². The smallest absolute Gasteiger partial charge is 0.308 e. The molecule has 0 atom stereocenters. The van der Waals surface area contributed by atoms with Crippen LogP contribution in [0, 0.1) is 11.8 Å². The molecule has 1 saturated carbocycles. The number of methoxy groups -OCH3 is 1. The van der Waals surface area contributed by atoms with Crippen molar-refractivity contribution in [1.29, 1.82) is 0 Å². The maximum atomic E-state index is 11.5. The zero-order chi connectivity index (χ0) is 13.7. The summed E-state index contributed by atoms with van der Waals surface area (Å²) in [6.07, 6.45) is 5.77. The molecule has 5 heteroatoms. The van der Waals surface area contributed by atoms with Crippen LogP contribution < -0.4 is 5.32 Å². The number of guanidine groups is 1. The van der Waals surface area contributed by atoms with Crippen LogP contribution in [0.15, 0.2) is 4.99 Å². The molecule has 108 valence electrons. The highest BCUT2D eigenvalue weighted by atomic mass is 16.5. The van der Waals surface area contributed by atoms with Crippen molar-refractivity contribution in [3.05, 3.63) is 0 Å². The molecule has 5 nitrogen and oxygen atoms in total. The lowest BCUT2D eigenvalue weighted by Crippen LogP contribution is -2.48. The van der Waals surface area contributed by atoms with Crippen molar-refractivity contribution in [3.63, 3.8) is 0 Å². The van der Waals surface area contributed by atoms with Crippen molar-refractivity contribution in [2.24, 2.45) is 16.8 Å². The summed E-state index contributed by atoms with van der Waals surface area (Å²) in [5, 5.41) is 3.46. The fourth-order valence-electron chi connectivity index (χ4n) is 2.76. The minimum atomic E-state index is -0.0722. The predicted octanol–water partition coefficient (Wildman–Crippen LogP) is 1.25. The topological polar surface area (TPSA) is 53.9 Å². The summed E-state index contributed by atoms with van der Waals surface area (Å²) in [5.74, 6) is 1.79. The Morgan fingerprint density at radius 1 is 1.32 bits per heavy atom.